The Kier molecular flexibility index (Phi) is 7.71. The number of carbonyl (C=O) groups is 1. The van der Waals surface area contributed by atoms with Crippen molar-refractivity contribution in [2.24, 2.45) is 0 Å². The van der Waals surface area contributed by atoms with Gasteiger partial charge in [-0.25, -0.2) is 29.5 Å². The van der Waals surface area contributed by atoms with Crippen LogP contribution in [0.25, 0.3) is 0 Å². The van der Waals surface area contributed by atoms with E-state index in [0.29, 0.717) is 6.42 Å². The fourth-order valence-electron chi connectivity index (χ4n) is 1.21. The molecule has 3 heteroatoms. The minimum atomic E-state index is 0. The molecule has 0 bridgehead atoms. The van der Waals surface area contributed by atoms with E-state index in [1.54, 1.807) is 12.1 Å². The molecule has 2 nitrogen and oxygen atoms in total. The first-order chi connectivity index (χ1) is 7.77. The summed E-state index contributed by atoms with van der Waals surface area (Å²) in [6.07, 6.45) is 0.601. The van der Waals surface area contributed by atoms with E-state index in [2.05, 4.69) is 0 Å². The monoisotopic (exact) mass is 267 g/mol. The summed E-state index contributed by atoms with van der Waals surface area (Å²) in [6.45, 7) is 1.87. The first kappa shape index (κ1) is 15.4. The predicted molar refractivity (Wildman–Crippen MR) is 63.4 cm³/mol. The number of hydrogen-bond donors (Lipinski definition) is 0. The molecule has 0 saturated heterocycles. The maximum Gasteiger partial charge on any atom is 2.00 e. The molecule has 0 N–H and O–H groups in total. The normalized spacial score (nSPS) is 8.24. The summed E-state index contributed by atoms with van der Waals surface area (Å²) in [5.74, 6) is 0.222. The van der Waals surface area contributed by atoms with Crippen LogP contribution < -0.4 is 0 Å². The van der Waals surface area contributed by atoms with Gasteiger partial charge < -0.3 is 4.79 Å². The zero-order chi connectivity index (χ0) is 11.8. The Bertz CT molecular complexity index is 449. The van der Waals surface area contributed by atoms with E-state index in [-0.39, 0.29) is 22.9 Å². The summed E-state index contributed by atoms with van der Waals surface area (Å²) in [5.41, 5.74) is 1.57. The van der Waals surface area contributed by atoms with Gasteiger partial charge in [0.25, 0.3) is 0 Å². The molecule has 0 aliphatic rings. The molecular weight excluding hydrogens is 254 g/mol. The molecular formula is C14H13FeNO. The third-order valence-corrected chi connectivity index (χ3v) is 2.10. The molecule has 0 fully saturated rings. The largest absolute Gasteiger partial charge is 2.00 e. The van der Waals surface area contributed by atoms with Gasteiger partial charge in [-0.2, -0.15) is 24.3 Å². The molecule has 0 saturated carbocycles. The topological polar surface area (TPSA) is 40.9 Å². The van der Waals surface area contributed by atoms with Crippen LogP contribution in [-0.4, -0.2) is 5.78 Å². The first-order valence-corrected chi connectivity index (χ1v) is 5.14. The van der Waals surface area contributed by atoms with Gasteiger partial charge >= 0.3 is 17.1 Å². The number of carbonyl (C=O) groups excluding carboxylic acids is 1. The zero-order valence-corrected chi connectivity index (χ0v) is 10.6. The fourth-order valence-corrected chi connectivity index (χ4v) is 1.21. The van der Waals surface area contributed by atoms with Crippen LogP contribution in [-0.2, 0) is 17.1 Å². The summed E-state index contributed by atoms with van der Waals surface area (Å²) >= 11 is 0. The summed E-state index contributed by atoms with van der Waals surface area (Å²) in [4.78, 5) is 10.9. The number of hydrogen-bond acceptors (Lipinski definition) is 2. The molecule has 2 rings (SSSR count). The van der Waals surface area contributed by atoms with Gasteiger partial charge in [0.1, 0.15) is 5.78 Å². The van der Waals surface area contributed by atoms with Gasteiger partial charge in [0.2, 0.25) is 0 Å². The van der Waals surface area contributed by atoms with Crippen molar-refractivity contribution < 1.29 is 21.9 Å². The van der Waals surface area contributed by atoms with Crippen molar-refractivity contribution in [2.75, 3.05) is 0 Å². The molecule has 0 aromatic heterocycles. The molecule has 17 heavy (non-hydrogen) atoms. The minimum absolute atomic E-state index is 0. The SMILES string of the molecule is CCC(=O)[c-]1cccc1.N#C[c-]1cccc1.[Fe+2]. The van der Waals surface area contributed by atoms with Crippen LogP contribution in [0.1, 0.15) is 29.3 Å². The molecule has 0 aliphatic heterocycles. The summed E-state index contributed by atoms with van der Waals surface area (Å²) in [5, 5.41) is 8.18. The van der Waals surface area contributed by atoms with E-state index < -0.39 is 0 Å². The van der Waals surface area contributed by atoms with Crippen molar-refractivity contribution >= 4 is 5.78 Å². The van der Waals surface area contributed by atoms with Gasteiger partial charge in [-0.05, 0) is 6.42 Å². The Morgan fingerprint density at radius 1 is 1.12 bits per heavy atom. The van der Waals surface area contributed by atoms with Crippen LogP contribution in [0.3, 0.4) is 0 Å². The van der Waals surface area contributed by atoms with Crippen molar-refractivity contribution in [3.05, 3.63) is 59.7 Å². The quantitative estimate of drug-likeness (QED) is 0.476. The third kappa shape index (κ3) is 5.31. The number of ketones is 1. The second-order valence-corrected chi connectivity index (χ2v) is 3.24. The molecule has 2 aromatic carbocycles. The molecule has 0 heterocycles. The van der Waals surface area contributed by atoms with Crippen LogP contribution in [0.4, 0.5) is 0 Å². The van der Waals surface area contributed by atoms with Crippen molar-refractivity contribution in [3.8, 4) is 6.07 Å². The third-order valence-electron chi connectivity index (χ3n) is 2.10. The summed E-state index contributed by atoms with van der Waals surface area (Å²) < 4.78 is 0. The van der Waals surface area contributed by atoms with Crippen LogP contribution >= 0.6 is 0 Å². The Labute approximate surface area is 112 Å². The van der Waals surface area contributed by atoms with Crippen molar-refractivity contribution in [1.82, 2.24) is 0 Å². The summed E-state index contributed by atoms with van der Waals surface area (Å²) in [6, 6.07) is 16.7. The van der Waals surface area contributed by atoms with Gasteiger partial charge in [-0.15, -0.1) is 0 Å². The molecule has 2 aromatic rings. The second kappa shape index (κ2) is 8.52. The van der Waals surface area contributed by atoms with Crippen molar-refractivity contribution in [1.29, 1.82) is 5.26 Å². The smallest absolute Gasteiger partial charge is 0.309 e. The van der Waals surface area contributed by atoms with Gasteiger partial charge in [0, 0.05) is 6.07 Å². The van der Waals surface area contributed by atoms with E-state index in [0.717, 1.165) is 11.1 Å². The maximum atomic E-state index is 10.9. The maximum absolute atomic E-state index is 10.9. The van der Waals surface area contributed by atoms with E-state index in [1.165, 1.54) is 0 Å². The number of rotatable bonds is 2. The van der Waals surface area contributed by atoms with Crippen LogP contribution in [0.5, 0.6) is 0 Å². The molecule has 0 amide bonds. The minimum Gasteiger partial charge on any atom is -0.309 e. The van der Waals surface area contributed by atoms with E-state index in [9.17, 15) is 4.79 Å². The Morgan fingerprint density at radius 3 is 1.94 bits per heavy atom. The van der Waals surface area contributed by atoms with E-state index in [1.807, 2.05) is 49.4 Å². The number of Topliss-reactive ketones (excluding diaryl/α,β-unsaturated/α-hetero) is 1. The molecule has 0 spiro atoms. The van der Waals surface area contributed by atoms with Crippen molar-refractivity contribution in [2.45, 2.75) is 13.3 Å². The average molecular weight is 267 g/mol. The fraction of sp³-hybridized carbons (Fsp3) is 0.143. The van der Waals surface area contributed by atoms with Gasteiger partial charge in [0.15, 0.2) is 0 Å². The second-order valence-electron chi connectivity index (χ2n) is 3.24. The van der Waals surface area contributed by atoms with Gasteiger partial charge in [-0.1, -0.05) is 18.1 Å². The van der Waals surface area contributed by atoms with Crippen molar-refractivity contribution in [3.63, 3.8) is 0 Å². The molecule has 0 aliphatic carbocycles. The van der Waals surface area contributed by atoms with Crippen LogP contribution in [0.15, 0.2) is 48.5 Å². The van der Waals surface area contributed by atoms with Crippen LogP contribution in [0.2, 0.25) is 0 Å². The first-order valence-electron chi connectivity index (χ1n) is 5.14. The van der Waals surface area contributed by atoms with Gasteiger partial charge in [-0.3, -0.25) is 0 Å². The molecule has 88 valence electrons. The zero-order valence-electron chi connectivity index (χ0n) is 9.53. The average Bonchev–Trinajstić information content (AvgIpc) is 3.01. The molecule has 0 unspecified atom stereocenters. The van der Waals surface area contributed by atoms with E-state index in [4.69, 9.17) is 5.26 Å². The number of nitriles is 1. The summed E-state index contributed by atoms with van der Waals surface area (Å²) in [7, 11) is 0. The van der Waals surface area contributed by atoms with Crippen LogP contribution in [0, 0.1) is 11.3 Å². The molecule has 0 atom stereocenters. The van der Waals surface area contributed by atoms with Gasteiger partial charge in [0.05, 0.1) is 0 Å². The standard InChI is InChI=1S/C8H9O.C6H4N.Fe/c1-2-8(9)7-5-3-4-6-7;7-5-6-3-1-2-4-6;/h3-6H,2H2,1H3;1-4H;/q2*-1;+2. The number of nitrogens with zero attached hydrogens (tertiary/aromatic N) is 1. The Hall–Kier alpha value is -1.62. The predicted octanol–water partition coefficient (Wildman–Crippen LogP) is 3.27. The Morgan fingerprint density at radius 2 is 1.59 bits per heavy atom. The molecule has 0 radical (unpaired) electrons. The van der Waals surface area contributed by atoms with E-state index >= 15 is 0 Å². The Balaban J connectivity index is 0.000000292.